The van der Waals surface area contributed by atoms with Crippen LogP contribution in [-0.4, -0.2) is 46.4 Å². The molecule has 1 aromatic rings. The van der Waals surface area contributed by atoms with Gasteiger partial charge in [0.15, 0.2) is 5.96 Å². The average molecular weight is 320 g/mol. The minimum Gasteiger partial charge on any atom is -0.382 e. The number of anilines is 1. The number of unbranched alkanes of at least 4 members (excludes halogenated alkanes) is 1. The number of rotatable bonds is 10. The maximum atomic E-state index is 5.34. The Hall–Kier alpha value is -1.75. The van der Waals surface area contributed by atoms with Gasteiger partial charge in [0.1, 0.15) is 0 Å². The smallest absolute Gasteiger partial charge is 0.191 e. The predicted molar refractivity (Wildman–Crippen MR) is 99.3 cm³/mol. The van der Waals surface area contributed by atoms with Crippen LogP contribution in [0.3, 0.4) is 0 Å². The molecule has 0 atom stereocenters. The topological polar surface area (TPSA) is 48.9 Å². The normalized spacial score (nSPS) is 11.4. The second-order valence-corrected chi connectivity index (χ2v) is 5.59. The molecule has 0 aliphatic heterocycles. The maximum absolute atomic E-state index is 5.34. The van der Waals surface area contributed by atoms with E-state index in [0.29, 0.717) is 6.54 Å². The van der Waals surface area contributed by atoms with E-state index in [1.807, 2.05) is 21.0 Å². The lowest BCUT2D eigenvalue weighted by molar-refractivity contribution is 0.143. The molecule has 0 bridgehead atoms. The number of hydrogen-bond acceptors (Lipinski definition) is 3. The van der Waals surface area contributed by atoms with Gasteiger partial charge in [-0.2, -0.15) is 0 Å². The van der Waals surface area contributed by atoms with Gasteiger partial charge in [-0.15, -0.1) is 0 Å². The van der Waals surface area contributed by atoms with Crippen molar-refractivity contribution in [2.24, 2.45) is 4.99 Å². The molecular weight excluding hydrogens is 288 g/mol. The zero-order valence-electron chi connectivity index (χ0n) is 15.1. The molecule has 0 aromatic heterocycles. The van der Waals surface area contributed by atoms with Gasteiger partial charge in [0.25, 0.3) is 0 Å². The number of hydrogen-bond donors (Lipinski definition) is 2. The second kappa shape index (κ2) is 11.8. The number of benzene rings is 1. The first-order chi connectivity index (χ1) is 11.2. The van der Waals surface area contributed by atoms with E-state index in [2.05, 4.69) is 51.7 Å². The summed E-state index contributed by atoms with van der Waals surface area (Å²) in [5, 5.41) is 6.66. The number of aliphatic imine (C=N–C) groups is 1. The first-order valence-corrected chi connectivity index (χ1v) is 8.53. The van der Waals surface area contributed by atoms with Crippen molar-refractivity contribution in [2.45, 2.75) is 33.2 Å². The van der Waals surface area contributed by atoms with Crippen molar-refractivity contribution in [3.05, 3.63) is 29.8 Å². The minimum absolute atomic E-state index is 0.683. The Bertz CT molecular complexity index is 443. The Labute approximate surface area is 141 Å². The van der Waals surface area contributed by atoms with E-state index < -0.39 is 0 Å². The van der Waals surface area contributed by atoms with Crippen LogP contribution in [0.1, 0.15) is 32.3 Å². The molecule has 5 nitrogen and oxygen atoms in total. The Balaban J connectivity index is 2.41. The fourth-order valence-corrected chi connectivity index (χ4v) is 2.09. The molecule has 1 rings (SSSR count). The van der Waals surface area contributed by atoms with Crippen LogP contribution in [0.4, 0.5) is 5.69 Å². The molecular formula is C18H32N4O. The molecule has 0 amide bonds. The molecule has 23 heavy (non-hydrogen) atoms. The van der Waals surface area contributed by atoms with Crippen LogP contribution in [0.2, 0.25) is 0 Å². The van der Waals surface area contributed by atoms with Crippen molar-refractivity contribution in [3.8, 4) is 0 Å². The summed E-state index contributed by atoms with van der Waals surface area (Å²) >= 11 is 0. The van der Waals surface area contributed by atoms with Crippen molar-refractivity contribution in [3.63, 3.8) is 0 Å². The highest BCUT2D eigenvalue weighted by Gasteiger charge is 1.99. The Morgan fingerprint density at radius 1 is 1.09 bits per heavy atom. The monoisotopic (exact) mass is 320 g/mol. The third-order valence-electron chi connectivity index (χ3n) is 3.43. The third kappa shape index (κ3) is 8.45. The number of guanidine groups is 1. The highest BCUT2D eigenvalue weighted by Crippen LogP contribution is 2.12. The van der Waals surface area contributed by atoms with E-state index in [1.54, 1.807) is 0 Å². The summed E-state index contributed by atoms with van der Waals surface area (Å²) < 4.78 is 5.34. The van der Waals surface area contributed by atoms with Gasteiger partial charge >= 0.3 is 0 Å². The quantitative estimate of drug-likeness (QED) is 0.395. The van der Waals surface area contributed by atoms with E-state index in [4.69, 9.17) is 4.74 Å². The highest BCUT2D eigenvalue weighted by atomic mass is 16.5. The summed E-state index contributed by atoms with van der Waals surface area (Å²) in [6, 6.07) is 8.51. The second-order valence-electron chi connectivity index (χ2n) is 5.59. The highest BCUT2D eigenvalue weighted by molar-refractivity contribution is 5.79. The molecule has 0 saturated carbocycles. The minimum atomic E-state index is 0.683. The maximum Gasteiger partial charge on any atom is 0.191 e. The number of nitrogens with one attached hydrogen (secondary N) is 2. The van der Waals surface area contributed by atoms with Crippen molar-refractivity contribution in [1.82, 2.24) is 10.6 Å². The van der Waals surface area contributed by atoms with Gasteiger partial charge in [-0.05, 0) is 44.4 Å². The SMILES string of the molecule is CCNC(=NCc1ccc(N(C)C)cc1)NCCCCOCC. The Morgan fingerprint density at radius 2 is 1.83 bits per heavy atom. The van der Waals surface area contributed by atoms with Gasteiger partial charge in [0.2, 0.25) is 0 Å². The van der Waals surface area contributed by atoms with Crippen molar-refractivity contribution < 1.29 is 4.74 Å². The lowest BCUT2D eigenvalue weighted by Crippen LogP contribution is -2.37. The van der Waals surface area contributed by atoms with Crippen molar-refractivity contribution in [2.75, 3.05) is 45.3 Å². The number of ether oxygens (including phenoxy) is 1. The van der Waals surface area contributed by atoms with Crippen LogP contribution in [0.25, 0.3) is 0 Å². The molecule has 1 aromatic carbocycles. The largest absolute Gasteiger partial charge is 0.382 e. The van der Waals surface area contributed by atoms with Gasteiger partial charge in [-0.1, -0.05) is 12.1 Å². The van der Waals surface area contributed by atoms with E-state index in [1.165, 1.54) is 11.3 Å². The Kier molecular flexibility index (Phi) is 9.87. The Morgan fingerprint density at radius 3 is 2.43 bits per heavy atom. The molecule has 0 fully saturated rings. The van der Waals surface area contributed by atoms with Crippen LogP contribution in [-0.2, 0) is 11.3 Å². The summed E-state index contributed by atoms with van der Waals surface area (Å²) in [5.41, 5.74) is 2.42. The van der Waals surface area contributed by atoms with Crippen molar-refractivity contribution in [1.29, 1.82) is 0 Å². The summed E-state index contributed by atoms with van der Waals surface area (Å²) in [4.78, 5) is 6.74. The molecule has 5 heteroatoms. The third-order valence-corrected chi connectivity index (χ3v) is 3.43. The van der Waals surface area contributed by atoms with E-state index in [9.17, 15) is 0 Å². The molecule has 0 aliphatic carbocycles. The summed E-state index contributed by atoms with van der Waals surface area (Å²) in [6.45, 7) is 8.20. The van der Waals surface area contributed by atoms with E-state index >= 15 is 0 Å². The number of nitrogens with zero attached hydrogens (tertiary/aromatic N) is 2. The van der Waals surface area contributed by atoms with Crippen LogP contribution < -0.4 is 15.5 Å². The summed E-state index contributed by atoms with van der Waals surface area (Å²) in [6.07, 6.45) is 2.16. The zero-order valence-corrected chi connectivity index (χ0v) is 15.1. The van der Waals surface area contributed by atoms with Crippen LogP contribution in [0.15, 0.2) is 29.3 Å². The first-order valence-electron chi connectivity index (χ1n) is 8.53. The predicted octanol–water partition coefficient (Wildman–Crippen LogP) is 2.62. The van der Waals surface area contributed by atoms with Crippen molar-refractivity contribution >= 4 is 11.6 Å². The molecule has 0 aliphatic rings. The van der Waals surface area contributed by atoms with Gasteiger partial charge < -0.3 is 20.3 Å². The lowest BCUT2D eigenvalue weighted by Gasteiger charge is -2.13. The fourth-order valence-electron chi connectivity index (χ4n) is 2.09. The molecule has 0 radical (unpaired) electrons. The van der Waals surface area contributed by atoms with E-state index in [-0.39, 0.29) is 0 Å². The molecule has 0 spiro atoms. The van der Waals surface area contributed by atoms with Crippen LogP contribution in [0, 0.1) is 0 Å². The van der Waals surface area contributed by atoms with Gasteiger partial charge in [-0.3, -0.25) is 0 Å². The van der Waals surface area contributed by atoms with Crippen LogP contribution >= 0.6 is 0 Å². The van der Waals surface area contributed by atoms with Gasteiger partial charge in [0.05, 0.1) is 6.54 Å². The molecule has 130 valence electrons. The molecule has 2 N–H and O–H groups in total. The molecule has 0 unspecified atom stereocenters. The first kappa shape index (κ1) is 19.3. The van der Waals surface area contributed by atoms with Gasteiger partial charge in [0, 0.05) is 46.1 Å². The standard InChI is InChI=1S/C18H32N4O/c1-5-19-18(20-13-7-8-14-23-6-2)21-15-16-9-11-17(12-10-16)22(3)4/h9-12H,5-8,13-15H2,1-4H3,(H2,19,20,21). The van der Waals surface area contributed by atoms with Gasteiger partial charge in [-0.25, -0.2) is 4.99 Å². The average Bonchev–Trinajstić information content (AvgIpc) is 2.56. The fraction of sp³-hybridized carbons (Fsp3) is 0.611. The van der Waals surface area contributed by atoms with Crippen LogP contribution in [0.5, 0.6) is 0 Å². The molecule has 0 heterocycles. The van der Waals surface area contributed by atoms with E-state index in [0.717, 1.165) is 45.1 Å². The molecule has 0 saturated heterocycles. The lowest BCUT2D eigenvalue weighted by atomic mass is 10.2. The summed E-state index contributed by atoms with van der Waals surface area (Å²) in [7, 11) is 4.10. The zero-order chi connectivity index (χ0) is 16.9. The summed E-state index contributed by atoms with van der Waals surface area (Å²) in [5.74, 6) is 0.876.